The van der Waals surface area contributed by atoms with Crippen LogP contribution in [-0.4, -0.2) is 37.0 Å². The van der Waals surface area contributed by atoms with Crippen molar-refractivity contribution < 1.29 is 4.79 Å². The molecule has 1 aliphatic rings. The van der Waals surface area contributed by atoms with E-state index < -0.39 is 0 Å². The third-order valence-electron chi connectivity index (χ3n) is 2.47. The molecule has 0 spiro atoms. The molecule has 0 radical (unpaired) electrons. The molecule has 14 heavy (non-hydrogen) atoms. The van der Waals surface area contributed by atoms with Crippen molar-refractivity contribution in [3.63, 3.8) is 0 Å². The molecular weight excluding hydrogens is 182 g/mol. The molecule has 1 heterocycles. The minimum absolute atomic E-state index is 0.00877. The predicted molar refractivity (Wildman–Crippen MR) is 52.4 cm³/mol. The largest absolute Gasteiger partial charge is 0.369 e. The molecule has 1 unspecified atom stereocenters. The average molecular weight is 197 g/mol. The third-order valence-corrected chi connectivity index (χ3v) is 2.47. The van der Waals surface area contributed by atoms with Crippen LogP contribution in [0.5, 0.6) is 0 Å². The van der Waals surface area contributed by atoms with Crippen molar-refractivity contribution in [2.75, 3.05) is 26.2 Å². The first kappa shape index (κ1) is 10.8. The summed E-state index contributed by atoms with van der Waals surface area (Å²) in [5.41, 5.74) is 13.3. The number of rotatable bonds is 5. The first-order valence-electron chi connectivity index (χ1n) is 4.76. The Morgan fingerprint density at radius 3 is 3.07 bits per heavy atom. The molecule has 2 N–H and O–H groups in total. The second kappa shape index (κ2) is 5.47. The van der Waals surface area contributed by atoms with Crippen LogP contribution in [0.25, 0.3) is 10.4 Å². The molecule has 78 valence electrons. The van der Waals surface area contributed by atoms with E-state index in [2.05, 4.69) is 14.9 Å². The van der Waals surface area contributed by atoms with Crippen molar-refractivity contribution in [2.24, 2.45) is 16.8 Å². The lowest BCUT2D eigenvalue weighted by Gasteiger charge is -2.13. The van der Waals surface area contributed by atoms with Gasteiger partial charge in [0.05, 0.1) is 5.92 Å². The van der Waals surface area contributed by atoms with Crippen molar-refractivity contribution in [2.45, 2.75) is 12.8 Å². The molecule has 0 aliphatic carbocycles. The molecule has 1 atom stereocenters. The van der Waals surface area contributed by atoms with Gasteiger partial charge in [-0.25, -0.2) is 0 Å². The number of azide groups is 1. The molecule has 0 saturated carbocycles. The summed E-state index contributed by atoms with van der Waals surface area (Å²) in [7, 11) is 0. The molecule has 0 bridgehead atoms. The second-order valence-corrected chi connectivity index (χ2v) is 3.50. The van der Waals surface area contributed by atoms with E-state index in [4.69, 9.17) is 11.3 Å². The first-order valence-corrected chi connectivity index (χ1v) is 4.76. The fourth-order valence-corrected chi connectivity index (χ4v) is 1.68. The van der Waals surface area contributed by atoms with Crippen molar-refractivity contribution in [1.29, 1.82) is 0 Å². The van der Waals surface area contributed by atoms with Crippen LogP contribution in [0, 0.1) is 5.92 Å². The maximum Gasteiger partial charge on any atom is 0.221 e. The molecule has 0 aromatic rings. The highest BCUT2D eigenvalue weighted by atomic mass is 16.1. The molecule has 1 amide bonds. The number of primary amides is 1. The zero-order valence-corrected chi connectivity index (χ0v) is 8.09. The molecule has 0 aromatic heterocycles. The van der Waals surface area contributed by atoms with Gasteiger partial charge in [-0.05, 0) is 31.5 Å². The van der Waals surface area contributed by atoms with Gasteiger partial charge in [-0.15, -0.1) is 0 Å². The van der Waals surface area contributed by atoms with Gasteiger partial charge in [-0.1, -0.05) is 5.11 Å². The summed E-state index contributed by atoms with van der Waals surface area (Å²) in [5, 5.41) is 3.45. The topological polar surface area (TPSA) is 95.1 Å². The van der Waals surface area contributed by atoms with Gasteiger partial charge >= 0.3 is 0 Å². The molecule has 6 heteroatoms. The Morgan fingerprint density at radius 1 is 1.71 bits per heavy atom. The van der Waals surface area contributed by atoms with Gasteiger partial charge in [0.15, 0.2) is 0 Å². The fourth-order valence-electron chi connectivity index (χ4n) is 1.68. The zero-order chi connectivity index (χ0) is 10.4. The van der Waals surface area contributed by atoms with E-state index >= 15 is 0 Å². The Hall–Kier alpha value is -1.26. The number of amides is 1. The van der Waals surface area contributed by atoms with Gasteiger partial charge < -0.3 is 10.6 Å². The number of hydrogen-bond acceptors (Lipinski definition) is 3. The quantitative estimate of drug-likeness (QED) is 0.300. The highest BCUT2D eigenvalue weighted by Gasteiger charge is 2.25. The van der Waals surface area contributed by atoms with Gasteiger partial charge in [0.25, 0.3) is 0 Å². The molecule has 1 rings (SSSR count). The van der Waals surface area contributed by atoms with E-state index in [-0.39, 0.29) is 11.8 Å². The van der Waals surface area contributed by atoms with Crippen LogP contribution in [0.15, 0.2) is 5.11 Å². The average Bonchev–Trinajstić information content (AvgIpc) is 2.61. The fraction of sp³-hybridized carbons (Fsp3) is 0.875. The highest BCUT2D eigenvalue weighted by Crippen LogP contribution is 2.15. The lowest BCUT2D eigenvalue weighted by atomic mass is 10.1. The van der Waals surface area contributed by atoms with Crippen molar-refractivity contribution in [3.05, 3.63) is 10.4 Å². The van der Waals surface area contributed by atoms with Crippen LogP contribution in [-0.2, 0) is 4.79 Å². The van der Waals surface area contributed by atoms with Gasteiger partial charge in [-0.2, -0.15) is 0 Å². The molecule has 0 aromatic carbocycles. The standard InChI is InChI=1S/C8H15N5O/c9-8(14)7-2-5-13(6-7)4-1-3-11-12-10/h7H,1-6H2,(H2,9,14). The smallest absolute Gasteiger partial charge is 0.221 e. The predicted octanol–water partition coefficient (Wildman–Crippen LogP) is 0.494. The van der Waals surface area contributed by atoms with Crippen LogP contribution in [0.1, 0.15) is 12.8 Å². The van der Waals surface area contributed by atoms with E-state index in [0.717, 1.165) is 32.5 Å². The van der Waals surface area contributed by atoms with Crippen molar-refractivity contribution >= 4 is 5.91 Å². The Morgan fingerprint density at radius 2 is 2.50 bits per heavy atom. The number of nitrogens with zero attached hydrogens (tertiary/aromatic N) is 4. The minimum atomic E-state index is -0.206. The first-order chi connectivity index (χ1) is 6.74. The van der Waals surface area contributed by atoms with E-state index in [1.54, 1.807) is 0 Å². The minimum Gasteiger partial charge on any atom is -0.369 e. The normalized spacial score (nSPS) is 21.9. The summed E-state index contributed by atoms with van der Waals surface area (Å²) in [6.07, 6.45) is 1.70. The van der Waals surface area contributed by atoms with Crippen LogP contribution >= 0.6 is 0 Å². The number of hydrogen-bond donors (Lipinski definition) is 1. The summed E-state index contributed by atoms with van der Waals surface area (Å²) >= 11 is 0. The highest BCUT2D eigenvalue weighted by molar-refractivity contribution is 5.77. The number of nitrogens with two attached hydrogens (primary N) is 1. The van der Waals surface area contributed by atoms with E-state index in [1.807, 2.05) is 0 Å². The lowest BCUT2D eigenvalue weighted by Crippen LogP contribution is -2.28. The SMILES string of the molecule is [N-]=[N+]=NCCCN1CCC(C(N)=O)C1. The van der Waals surface area contributed by atoms with Crippen LogP contribution in [0.3, 0.4) is 0 Å². The van der Waals surface area contributed by atoms with Crippen LogP contribution in [0.4, 0.5) is 0 Å². The van der Waals surface area contributed by atoms with Crippen LogP contribution in [0.2, 0.25) is 0 Å². The maximum atomic E-state index is 10.9. The zero-order valence-electron chi connectivity index (χ0n) is 8.09. The van der Waals surface area contributed by atoms with E-state index in [9.17, 15) is 4.79 Å². The Balaban J connectivity index is 2.16. The summed E-state index contributed by atoms with van der Waals surface area (Å²) in [6, 6.07) is 0. The van der Waals surface area contributed by atoms with Gasteiger partial charge in [0.2, 0.25) is 5.91 Å². The van der Waals surface area contributed by atoms with Gasteiger partial charge in [0, 0.05) is 18.0 Å². The van der Waals surface area contributed by atoms with Crippen molar-refractivity contribution in [1.82, 2.24) is 4.90 Å². The molecular formula is C8H15N5O. The molecule has 1 fully saturated rings. The van der Waals surface area contributed by atoms with Gasteiger partial charge in [-0.3, -0.25) is 4.79 Å². The van der Waals surface area contributed by atoms with Gasteiger partial charge in [0.1, 0.15) is 0 Å². The monoisotopic (exact) mass is 197 g/mol. The number of carbonyl (C=O) groups excluding carboxylic acids is 1. The molecule has 6 nitrogen and oxygen atoms in total. The third kappa shape index (κ3) is 3.24. The summed E-state index contributed by atoms with van der Waals surface area (Å²) in [6.45, 7) is 3.08. The maximum absolute atomic E-state index is 10.9. The van der Waals surface area contributed by atoms with Crippen molar-refractivity contribution in [3.8, 4) is 0 Å². The Labute approximate surface area is 82.7 Å². The summed E-state index contributed by atoms with van der Waals surface area (Å²) in [5.74, 6) is -0.197. The van der Waals surface area contributed by atoms with E-state index in [1.165, 1.54) is 0 Å². The molecule has 1 aliphatic heterocycles. The number of carbonyl (C=O) groups is 1. The van der Waals surface area contributed by atoms with Crippen LogP contribution < -0.4 is 5.73 Å². The summed E-state index contributed by atoms with van der Waals surface area (Å²) in [4.78, 5) is 15.7. The lowest BCUT2D eigenvalue weighted by molar-refractivity contribution is -0.121. The number of likely N-dealkylation sites (tertiary alicyclic amines) is 1. The Bertz CT molecular complexity index is 248. The van der Waals surface area contributed by atoms with E-state index in [0.29, 0.717) is 6.54 Å². The Kier molecular flexibility index (Phi) is 4.22. The second-order valence-electron chi connectivity index (χ2n) is 3.50. The molecule has 1 saturated heterocycles. The summed E-state index contributed by atoms with van der Waals surface area (Å²) < 4.78 is 0.